The van der Waals surface area contributed by atoms with Crippen LogP contribution in [0.1, 0.15) is 34.3 Å². The molecule has 0 spiro atoms. The van der Waals surface area contributed by atoms with Crippen LogP contribution in [-0.2, 0) is 10.4 Å². The zero-order chi connectivity index (χ0) is 27.3. The second-order valence-corrected chi connectivity index (χ2v) is 9.46. The number of amides is 1. The van der Waals surface area contributed by atoms with E-state index in [4.69, 9.17) is 27.9 Å². The fraction of sp³-hybridized carbons (Fsp3) is 0.231. The highest BCUT2D eigenvalue weighted by molar-refractivity contribution is 6.33. The Hall–Kier alpha value is -3.27. The fourth-order valence-electron chi connectivity index (χ4n) is 4.32. The number of ether oxygens (including phenoxy) is 1. The summed E-state index contributed by atoms with van der Waals surface area (Å²) < 4.78 is 48.8. The van der Waals surface area contributed by atoms with Crippen molar-refractivity contribution >= 4 is 40.8 Å². The summed E-state index contributed by atoms with van der Waals surface area (Å²) in [4.78, 5) is 24.6. The third-order valence-electron chi connectivity index (χ3n) is 6.54. The Kier molecular flexibility index (Phi) is 6.92. The lowest BCUT2D eigenvalue weighted by atomic mass is 9.77. The van der Waals surface area contributed by atoms with Crippen molar-refractivity contribution in [3.63, 3.8) is 0 Å². The number of carbonyl (C=O) groups excluding carboxylic acids is 1. The van der Waals surface area contributed by atoms with Crippen LogP contribution < -0.4 is 9.64 Å². The molecule has 37 heavy (non-hydrogen) atoms. The summed E-state index contributed by atoms with van der Waals surface area (Å²) in [7, 11) is 1.41. The molecular weight excluding hydrogens is 534 g/mol. The Balaban J connectivity index is 1.78. The second-order valence-electron chi connectivity index (χ2n) is 8.65. The number of carbonyl (C=O) groups is 2. The van der Waals surface area contributed by atoms with E-state index in [1.807, 2.05) is 0 Å². The zero-order valence-electron chi connectivity index (χ0n) is 19.4. The Bertz CT molecular complexity index is 1410. The highest BCUT2D eigenvalue weighted by atomic mass is 35.5. The minimum absolute atomic E-state index is 0.0102. The molecule has 1 aliphatic heterocycles. The molecule has 0 saturated carbocycles. The molecule has 4 rings (SSSR count). The Labute approximate surface area is 219 Å². The first kappa shape index (κ1) is 26.8. The number of hydrogen-bond acceptors (Lipinski definition) is 4. The van der Waals surface area contributed by atoms with E-state index in [1.54, 1.807) is 6.07 Å². The van der Waals surface area contributed by atoms with Crippen LogP contribution in [0.2, 0.25) is 10.0 Å². The number of likely N-dealkylation sites (N-methyl/N-ethyl adjacent to an activating group) is 1. The minimum Gasteiger partial charge on any atom is -0.482 e. The van der Waals surface area contributed by atoms with Gasteiger partial charge in [-0.25, -0.2) is 4.79 Å². The number of nitrogens with zero attached hydrogens (tertiary/aromatic N) is 1. The number of alkyl halides is 3. The van der Waals surface area contributed by atoms with E-state index in [0.717, 1.165) is 12.1 Å². The molecule has 0 saturated heterocycles. The predicted molar refractivity (Wildman–Crippen MR) is 133 cm³/mol. The zero-order valence-corrected chi connectivity index (χ0v) is 20.9. The molecule has 194 valence electrons. The van der Waals surface area contributed by atoms with Crippen LogP contribution in [0.25, 0.3) is 11.1 Å². The smallest absolute Gasteiger partial charge is 0.422 e. The highest BCUT2D eigenvalue weighted by Crippen LogP contribution is 2.51. The molecule has 1 heterocycles. The number of rotatable bonds is 5. The van der Waals surface area contributed by atoms with Crippen LogP contribution in [-0.4, -0.2) is 41.9 Å². The second kappa shape index (κ2) is 9.55. The maximum atomic E-state index is 14.5. The van der Waals surface area contributed by atoms with Gasteiger partial charge in [0.1, 0.15) is 5.75 Å². The van der Waals surface area contributed by atoms with E-state index >= 15 is 0 Å². The van der Waals surface area contributed by atoms with Gasteiger partial charge in [0.25, 0.3) is 5.91 Å². The van der Waals surface area contributed by atoms with Gasteiger partial charge in [-0.1, -0.05) is 54.4 Å². The van der Waals surface area contributed by atoms with Gasteiger partial charge < -0.3 is 19.8 Å². The number of aliphatic hydroxyl groups is 1. The topological polar surface area (TPSA) is 87.1 Å². The largest absolute Gasteiger partial charge is 0.482 e. The van der Waals surface area contributed by atoms with Crippen LogP contribution >= 0.6 is 23.2 Å². The van der Waals surface area contributed by atoms with Crippen LogP contribution in [0, 0.1) is 0 Å². The standard InChI is InChI=1S/C26H20Cl2F3NO5/c1-13(17-6-3-15(10-20(17)28)14-4-7-19(27)18(9-14)24(34)35)25(36,26(29,30)31)16-5-8-22-21(11-16)32(2)23(33)12-37-22/h3-11,13,36H,12H2,1-2H3,(H,34,35). The lowest BCUT2D eigenvalue weighted by Crippen LogP contribution is -2.47. The van der Waals surface area contributed by atoms with Gasteiger partial charge in [-0.15, -0.1) is 0 Å². The summed E-state index contributed by atoms with van der Waals surface area (Å²) in [6.45, 7) is 0.955. The lowest BCUT2D eigenvalue weighted by Gasteiger charge is -2.38. The number of halogens is 5. The van der Waals surface area contributed by atoms with Crippen molar-refractivity contribution in [2.45, 2.75) is 24.6 Å². The molecule has 1 aliphatic rings. The molecule has 6 nitrogen and oxygen atoms in total. The van der Waals surface area contributed by atoms with Crippen molar-refractivity contribution in [1.29, 1.82) is 0 Å². The van der Waals surface area contributed by atoms with Gasteiger partial charge in [0.05, 0.1) is 16.3 Å². The first-order valence-corrected chi connectivity index (χ1v) is 11.7. The minimum atomic E-state index is -5.12. The Morgan fingerprint density at radius 3 is 2.30 bits per heavy atom. The number of fused-ring (bicyclic) bond motifs is 1. The Morgan fingerprint density at radius 1 is 1.03 bits per heavy atom. The quantitative estimate of drug-likeness (QED) is 0.389. The number of hydrogen-bond donors (Lipinski definition) is 2. The lowest BCUT2D eigenvalue weighted by molar-refractivity contribution is -0.274. The van der Waals surface area contributed by atoms with Gasteiger partial charge >= 0.3 is 12.1 Å². The highest BCUT2D eigenvalue weighted by Gasteiger charge is 2.59. The van der Waals surface area contributed by atoms with E-state index in [0.29, 0.717) is 11.1 Å². The molecule has 2 atom stereocenters. The fourth-order valence-corrected chi connectivity index (χ4v) is 4.86. The first-order valence-electron chi connectivity index (χ1n) is 10.9. The van der Waals surface area contributed by atoms with Crippen molar-refractivity contribution in [3.05, 3.63) is 81.3 Å². The van der Waals surface area contributed by atoms with Crippen LogP contribution in [0.3, 0.4) is 0 Å². The monoisotopic (exact) mass is 553 g/mol. The number of carboxylic acid groups (broad SMARTS) is 1. The molecule has 2 N–H and O–H groups in total. The molecule has 0 aromatic heterocycles. The molecule has 0 radical (unpaired) electrons. The molecule has 2 unspecified atom stereocenters. The molecule has 11 heteroatoms. The van der Waals surface area contributed by atoms with Crippen molar-refractivity contribution in [1.82, 2.24) is 0 Å². The number of anilines is 1. The SMILES string of the molecule is CC(c1ccc(-c2ccc(Cl)c(C(=O)O)c2)cc1Cl)C(O)(c1ccc2c(c1)N(C)C(=O)CO2)C(F)(F)F. The summed E-state index contributed by atoms with van der Waals surface area (Å²) in [5.74, 6) is -3.03. The average Bonchev–Trinajstić information content (AvgIpc) is 2.84. The van der Waals surface area contributed by atoms with E-state index in [-0.39, 0.29) is 39.2 Å². The number of aromatic carboxylic acids is 1. The van der Waals surface area contributed by atoms with Crippen molar-refractivity contribution in [3.8, 4) is 16.9 Å². The maximum absolute atomic E-state index is 14.5. The molecule has 3 aromatic rings. The van der Waals surface area contributed by atoms with Crippen molar-refractivity contribution in [2.24, 2.45) is 0 Å². The third kappa shape index (κ3) is 4.63. The van der Waals surface area contributed by atoms with Gasteiger partial charge in [0, 0.05) is 18.0 Å². The number of benzene rings is 3. The molecule has 1 amide bonds. The summed E-state index contributed by atoms with van der Waals surface area (Å²) in [5, 5.41) is 20.5. The van der Waals surface area contributed by atoms with Gasteiger partial charge in [0.2, 0.25) is 0 Å². The van der Waals surface area contributed by atoms with Gasteiger partial charge in [-0.3, -0.25) is 4.79 Å². The average molecular weight is 554 g/mol. The normalized spacial score (nSPS) is 16.0. The van der Waals surface area contributed by atoms with Gasteiger partial charge in [-0.05, 0) is 52.6 Å². The summed E-state index contributed by atoms with van der Waals surface area (Å²) in [6.07, 6.45) is -5.12. The third-order valence-corrected chi connectivity index (χ3v) is 7.20. The van der Waals surface area contributed by atoms with Crippen LogP contribution in [0.15, 0.2) is 54.6 Å². The van der Waals surface area contributed by atoms with E-state index in [2.05, 4.69) is 0 Å². The molecular formula is C26H20Cl2F3NO5. The first-order chi connectivity index (χ1) is 17.3. The molecule has 0 fully saturated rings. The van der Waals surface area contributed by atoms with Crippen LogP contribution in [0.4, 0.5) is 18.9 Å². The van der Waals surface area contributed by atoms with E-state index in [9.17, 15) is 33.0 Å². The Morgan fingerprint density at radius 2 is 1.68 bits per heavy atom. The summed E-state index contributed by atoms with van der Waals surface area (Å²) in [5.41, 5.74) is -3.00. The molecule has 0 aliphatic carbocycles. The van der Waals surface area contributed by atoms with E-state index in [1.165, 1.54) is 55.3 Å². The number of carboxylic acids is 1. The van der Waals surface area contributed by atoms with Gasteiger partial charge in [0.15, 0.2) is 12.2 Å². The van der Waals surface area contributed by atoms with Crippen molar-refractivity contribution < 1.29 is 37.7 Å². The molecule has 0 bridgehead atoms. The van der Waals surface area contributed by atoms with E-state index < -0.39 is 35.1 Å². The van der Waals surface area contributed by atoms with Gasteiger partial charge in [-0.2, -0.15) is 13.2 Å². The summed E-state index contributed by atoms with van der Waals surface area (Å²) >= 11 is 12.3. The molecule has 3 aromatic carbocycles. The maximum Gasteiger partial charge on any atom is 0.422 e. The predicted octanol–water partition coefficient (Wildman–Crippen LogP) is 6.27. The van der Waals surface area contributed by atoms with Crippen LogP contribution in [0.5, 0.6) is 5.75 Å². The van der Waals surface area contributed by atoms with Crippen molar-refractivity contribution in [2.75, 3.05) is 18.6 Å². The summed E-state index contributed by atoms with van der Waals surface area (Å²) in [6, 6.07) is 12.0.